The van der Waals surface area contributed by atoms with Crippen LogP contribution in [-0.4, -0.2) is 39.8 Å². The minimum atomic E-state index is -3.52. The molecule has 2 amide bonds. The number of rotatable bonds is 4. The number of nitrogens with two attached hydrogens (primary N) is 1. The number of ether oxygens (including phenoxy) is 2. The number of anilines is 1. The van der Waals surface area contributed by atoms with Crippen molar-refractivity contribution in [2.45, 2.75) is 56.1 Å². The average Bonchev–Trinajstić information content (AvgIpc) is 3.35. The van der Waals surface area contributed by atoms with Crippen LogP contribution >= 0.6 is 0 Å². The Hall–Kier alpha value is -2.43. The van der Waals surface area contributed by atoms with Crippen molar-refractivity contribution in [1.82, 2.24) is 9.78 Å². The molecule has 0 bridgehead atoms. The third-order valence-corrected chi connectivity index (χ3v) is 7.42. The van der Waals surface area contributed by atoms with E-state index in [9.17, 15) is 9.00 Å². The quantitative estimate of drug-likeness (QED) is 0.770. The van der Waals surface area contributed by atoms with Crippen LogP contribution in [-0.2, 0) is 40.5 Å². The van der Waals surface area contributed by atoms with Crippen LogP contribution in [0.15, 0.2) is 21.5 Å². The lowest BCUT2D eigenvalue weighted by Crippen LogP contribution is -2.23. The van der Waals surface area contributed by atoms with Gasteiger partial charge in [0.2, 0.25) is 5.88 Å². The molecule has 1 aromatic carbocycles. The number of benzene rings is 1. The molecule has 0 radical (unpaired) electrons. The van der Waals surface area contributed by atoms with Crippen LogP contribution in [0.1, 0.15) is 41.5 Å². The van der Waals surface area contributed by atoms with E-state index >= 15 is 0 Å². The fourth-order valence-corrected chi connectivity index (χ4v) is 5.76. The molecule has 5 rings (SSSR count). The first kappa shape index (κ1) is 19.5. The van der Waals surface area contributed by atoms with Gasteiger partial charge in [0.1, 0.15) is 11.0 Å². The van der Waals surface area contributed by atoms with Gasteiger partial charge in [0.15, 0.2) is 9.92 Å². The molecule has 1 aromatic heterocycles. The van der Waals surface area contributed by atoms with E-state index in [1.165, 1.54) is 28.5 Å². The minimum Gasteiger partial charge on any atom is -0.469 e. The molecule has 0 fully saturated rings. The number of aryl methyl sites for hydroxylation is 1. The number of hydrogen-bond acceptors (Lipinski definition) is 5. The maximum atomic E-state index is 13.1. The van der Waals surface area contributed by atoms with Gasteiger partial charge in [0.25, 0.3) is 0 Å². The van der Waals surface area contributed by atoms with Crippen molar-refractivity contribution in [3.05, 3.63) is 34.5 Å². The number of methoxy groups -OCH3 is 1. The Morgan fingerprint density at radius 1 is 1.47 bits per heavy atom. The van der Waals surface area contributed by atoms with Crippen LogP contribution in [0.5, 0.6) is 5.88 Å². The molecule has 2 heterocycles. The number of aromatic nitrogens is 2. The van der Waals surface area contributed by atoms with E-state index in [4.69, 9.17) is 14.6 Å². The second kappa shape index (κ2) is 7.07. The molecule has 3 N–H and O–H groups in total. The zero-order valence-corrected chi connectivity index (χ0v) is 17.8. The zero-order valence-electron chi connectivity index (χ0n) is 17.0. The van der Waals surface area contributed by atoms with Crippen LogP contribution in [0, 0.1) is 0 Å². The van der Waals surface area contributed by atoms with Crippen molar-refractivity contribution < 1.29 is 18.5 Å². The highest BCUT2D eigenvalue weighted by atomic mass is 32.2. The second-order valence-corrected chi connectivity index (χ2v) is 9.96. The molecule has 3 aliphatic rings. The first-order valence-corrected chi connectivity index (χ1v) is 11.7. The largest absolute Gasteiger partial charge is 0.469 e. The fourth-order valence-electron chi connectivity index (χ4n) is 4.77. The first-order chi connectivity index (χ1) is 14.4. The minimum absolute atomic E-state index is 0.121. The third kappa shape index (κ3) is 3.10. The van der Waals surface area contributed by atoms with Gasteiger partial charge >= 0.3 is 6.03 Å². The van der Waals surface area contributed by atoms with Gasteiger partial charge in [-0.25, -0.2) is 18.8 Å². The Balaban J connectivity index is 1.44. The summed E-state index contributed by atoms with van der Waals surface area (Å²) in [4.78, 5) is 12.9. The van der Waals surface area contributed by atoms with Gasteiger partial charge in [-0.15, -0.1) is 4.36 Å². The average molecular weight is 432 g/mol. The van der Waals surface area contributed by atoms with Crippen LogP contribution in [0.2, 0.25) is 0 Å². The van der Waals surface area contributed by atoms with E-state index in [0.717, 1.165) is 31.4 Å². The summed E-state index contributed by atoms with van der Waals surface area (Å²) in [5, 5.41) is 13.0. The number of urea groups is 1. The van der Waals surface area contributed by atoms with Crippen LogP contribution in [0.3, 0.4) is 0 Å². The monoisotopic (exact) mass is 431 g/mol. The molecule has 2 aliphatic carbocycles. The van der Waals surface area contributed by atoms with Gasteiger partial charge in [-0.05, 0) is 53.9 Å². The summed E-state index contributed by atoms with van der Waals surface area (Å²) in [5.74, 6) is 0.660. The Morgan fingerprint density at radius 2 is 2.30 bits per heavy atom. The van der Waals surface area contributed by atoms with Gasteiger partial charge in [0, 0.05) is 12.8 Å². The lowest BCUT2D eigenvalue weighted by atomic mass is 9.75. The van der Waals surface area contributed by atoms with Crippen molar-refractivity contribution in [3.63, 3.8) is 0 Å². The lowest BCUT2D eigenvalue weighted by molar-refractivity contribution is 0.0920. The fraction of sp³-hybridized carbons (Fsp3) is 0.500. The first-order valence-electron chi connectivity index (χ1n) is 10.1. The number of amides is 2. The van der Waals surface area contributed by atoms with Crippen LogP contribution in [0.4, 0.5) is 10.5 Å². The number of nitrogens with one attached hydrogen (secondary N) is 1. The van der Waals surface area contributed by atoms with Gasteiger partial charge in [-0.2, -0.15) is 5.10 Å². The summed E-state index contributed by atoms with van der Waals surface area (Å²) in [5.41, 5.74) is 5.74. The van der Waals surface area contributed by atoms with Crippen molar-refractivity contribution in [2.75, 3.05) is 19.0 Å². The number of carbonyl (C=O) groups is 1. The molecule has 1 aliphatic heterocycles. The summed E-state index contributed by atoms with van der Waals surface area (Å²) in [6.07, 6.45) is 5.14. The molecule has 2 aromatic rings. The highest BCUT2D eigenvalue weighted by Crippen LogP contribution is 2.45. The number of hydrogen-bond donors (Lipinski definition) is 2. The molecule has 0 saturated carbocycles. The van der Waals surface area contributed by atoms with E-state index in [2.05, 4.69) is 27.8 Å². The standard InChI is InChI=1S/C20H25N5O4S/c1-11-6-13-7-12-4-3-5-15(12)18(17(11)13)23-20(26)24-30(21,27)16-8-22-25-9-14(10-28-2)29-19(16)25/h7-8,11,14H,3-6,9-10H2,1-2H3,(H3,21,23,24,26,27)/t11-,14+,30+/m1/s1. The maximum Gasteiger partial charge on any atom is 0.354 e. The van der Waals surface area contributed by atoms with Crippen molar-refractivity contribution in [3.8, 4) is 5.88 Å². The Kier molecular flexibility index (Phi) is 4.60. The highest BCUT2D eigenvalue weighted by Gasteiger charge is 2.33. The van der Waals surface area contributed by atoms with Gasteiger partial charge in [-0.3, -0.25) is 0 Å². The SMILES string of the molecule is COC[C@@H]1Cn2ncc([S@@](N)(=O)=NC(=O)Nc3c4c(cc5c3[C@H](C)C5)CCC4)c2O1. The third-order valence-electron chi connectivity index (χ3n) is 6.08. The smallest absolute Gasteiger partial charge is 0.354 e. The molecular weight excluding hydrogens is 406 g/mol. The molecule has 9 nitrogen and oxygen atoms in total. The van der Waals surface area contributed by atoms with Gasteiger partial charge < -0.3 is 14.8 Å². The van der Waals surface area contributed by atoms with E-state index in [1.54, 1.807) is 11.8 Å². The predicted molar refractivity (Wildman–Crippen MR) is 111 cm³/mol. The Morgan fingerprint density at radius 3 is 3.07 bits per heavy atom. The Bertz CT molecular complexity index is 1160. The van der Waals surface area contributed by atoms with Crippen LogP contribution in [0.25, 0.3) is 0 Å². The Labute approximate surface area is 175 Å². The topological polar surface area (TPSA) is 121 Å². The second-order valence-electron chi connectivity index (χ2n) is 8.20. The summed E-state index contributed by atoms with van der Waals surface area (Å²) in [7, 11) is -1.94. The number of nitrogens with zero attached hydrogens (tertiary/aromatic N) is 3. The number of carbonyl (C=O) groups excluding carboxylic acids is 1. The summed E-state index contributed by atoms with van der Waals surface area (Å²) >= 11 is 0. The van der Waals surface area contributed by atoms with E-state index in [1.807, 2.05) is 0 Å². The maximum absolute atomic E-state index is 13.1. The van der Waals surface area contributed by atoms with Crippen molar-refractivity contribution >= 4 is 21.6 Å². The summed E-state index contributed by atoms with van der Waals surface area (Å²) < 4.78 is 29.4. The molecule has 10 heteroatoms. The molecule has 0 unspecified atom stereocenters. The lowest BCUT2D eigenvalue weighted by Gasteiger charge is -2.31. The molecule has 0 spiro atoms. The predicted octanol–water partition coefficient (Wildman–Crippen LogP) is 2.37. The van der Waals surface area contributed by atoms with Gasteiger partial charge in [0.05, 0.1) is 19.3 Å². The van der Waals surface area contributed by atoms with E-state index in [0.29, 0.717) is 19.1 Å². The van der Waals surface area contributed by atoms with Gasteiger partial charge in [-0.1, -0.05) is 13.0 Å². The van der Waals surface area contributed by atoms with Crippen molar-refractivity contribution in [1.29, 1.82) is 0 Å². The molecule has 160 valence electrons. The molecule has 3 atom stereocenters. The molecular formula is C20H25N5O4S. The summed E-state index contributed by atoms with van der Waals surface area (Å²) in [6.45, 7) is 2.98. The summed E-state index contributed by atoms with van der Waals surface area (Å²) in [6, 6.07) is 1.55. The van der Waals surface area contributed by atoms with Crippen LogP contribution < -0.4 is 15.2 Å². The van der Waals surface area contributed by atoms with E-state index < -0.39 is 15.9 Å². The van der Waals surface area contributed by atoms with Crippen molar-refractivity contribution in [2.24, 2.45) is 9.50 Å². The molecule has 30 heavy (non-hydrogen) atoms. The molecule has 0 saturated heterocycles. The zero-order chi connectivity index (χ0) is 21.0. The highest BCUT2D eigenvalue weighted by molar-refractivity contribution is 7.91. The number of fused-ring (bicyclic) bond motifs is 3. The van der Waals surface area contributed by atoms with E-state index in [-0.39, 0.29) is 16.9 Å². The normalized spacial score (nSPS) is 22.9.